The molecule has 2 rings (SSSR count). The molecule has 0 aliphatic carbocycles. The van der Waals surface area contributed by atoms with Crippen molar-refractivity contribution in [3.05, 3.63) is 43.4 Å². The van der Waals surface area contributed by atoms with Gasteiger partial charge in [0.15, 0.2) is 0 Å². The van der Waals surface area contributed by atoms with Gasteiger partial charge in [-0.2, -0.15) is 0 Å². The van der Waals surface area contributed by atoms with Crippen molar-refractivity contribution < 1.29 is 10.2 Å². The molecule has 0 amide bonds. The van der Waals surface area contributed by atoms with Gasteiger partial charge in [-0.15, -0.1) is 0 Å². The number of halogens is 4. The van der Waals surface area contributed by atoms with Crippen molar-refractivity contribution in [2.24, 2.45) is 0 Å². The highest BCUT2D eigenvalue weighted by Gasteiger charge is 2.20. The monoisotopic (exact) mass is 382 g/mol. The summed E-state index contributed by atoms with van der Waals surface area (Å²) in [6.45, 7) is 3.58. The van der Waals surface area contributed by atoms with Crippen LogP contribution in [0.3, 0.4) is 0 Å². The maximum atomic E-state index is 10.2. The maximum absolute atomic E-state index is 10.2. The molecule has 0 atom stereocenters. The number of aryl methyl sites for hydroxylation is 2. The Morgan fingerprint density at radius 3 is 1.95 bits per heavy atom. The van der Waals surface area contributed by atoms with Crippen LogP contribution in [0.4, 0.5) is 0 Å². The van der Waals surface area contributed by atoms with E-state index in [0.717, 1.165) is 17.3 Å². The van der Waals surface area contributed by atoms with Crippen molar-refractivity contribution >= 4 is 58.2 Å². The molecule has 2 N–H and O–H groups in total. The quantitative estimate of drug-likeness (QED) is 0.583. The van der Waals surface area contributed by atoms with E-state index in [0.29, 0.717) is 15.5 Å². The first-order valence-corrected chi connectivity index (χ1v) is 8.09. The Hall–Kier alpha value is -0.450. The molecule has 0 bridgehead atoms. The molecular weight excluding hydrogens is 374 g/mol. The predicted molar refractivity (Wildman–Crippen MR) is 89.9 cm³/mol. The number of hydrogen-bond acceptors (Lipinski definition) is 3. The van der Waals surface area contributed by atoms with E-state index < -0.39 is 0 Å². The summed E-state index contributed by atoms with van der Waals surface area (Å²) in [5.74, 6) is -0.173. The van der Waals surface area contributed by atoms with Crippen LogP contribution in [0.25, 0.3) is 0 Å². The summed E-state index contributed by atoms with van der Waals surface area (Å²) in [6.07, 6.45) is 0. The van der Waals surface area contributed by atoms with Gasteiger partial charge in [0.25, 0.3) is 0 Å². The Kier molecular flexibility index (Phi) is 5.11. The summed E-state index contributed by atoms with van der Waals surface area (Å²) in [5.41, 5.74) is 1.47. The predicted octanol–water partition coefficient (Wildman–Crippen LogP) is 6.48. The molecule has 0 aromatic heterocycles. The normalized spacial score (nSPS) is 11.0. The summed E-state index contributed by atoms with van der Waals surface area (Å²) >= 11 is 25.2. The van der Waals surface area contributed by atoms with Gasteiger partial charge in [0.05, 0.1) is 29.9 Å². The molecule has 2 nitrogen and oxygen atoms in total. The molecule has 7 heteroatoms. The molecule has 0 aliphatic rings. The zero-order valence-electron chi connectivity index (χ0n) is 11.0. The molecular formula is C14H10Cl4O2S. The zero-order valence-corrected chi connectivity index (χ0v) is 14.8. The lowest BCUT2D eigenvalue weighted by Crippen LogP contribution is -1.88. The topological polar surface area (TPSA) is 40.5 Å². The Labute approximate surface area is 146 Å². The summed E-state index contributed by atoms with van der Waals surface area (Å²) in [6, 6.07) is 3.13. The van der Waals surface area contributed by atoms with Crippen LogP contribution in [-0.2, 0) is 0 Å². The lowest BCUT2D eigenvalue weighted by Gasteiger charge is -2.14. The van der Waals surface area contributed by atoms with Gasteiger partial charge in [-0.25, -0.2) is 0 Å². The molecule has 21 heavy (non-hydrogen) atoms. The van der Waals surface area contributed by atoms with Crippen molar-refractivity contribution in [3.8, 4) is 11.5 Å². The van der Waals surface area contributed by atoms with E-state index in [1.165, 1.54) is 6.07 Å². The lowest BCUT2D eigenvalue weighted by atomic mass is 10.1. The average molecular weight is 384 g/mol. The van der Waals surface area contributed by atoms with Crippen LogP contribution in [0, 0.1) is 13.8 Å². The third kappa shape index (κ3) is 3.17. The minimum Gasteiger partial charge on any atom is -0.506 e. The summed E-state index contributed by atoms with van der Waals surface area (Å²) in [4.78, 5) is 0.640. The van der Waals surface area contributed by atoms with Gasteiger partial charge < -0.3 is 10.2 Å². The van der Waals surface area contributed by atoms with E-state index in [1.54, 1.807) is 13.0 Å². The summed E-state index contributed by atoms with van der Waals surface area (Å²) in [5, 5.41) is 21.1. The van der Waals surface area contributed by atoms with Crippen molar-refractivity contribution in [1.29, 1.82) is 0 Å². The summed E-state index contributed by atoms with van der Waals surface area (Å²) in [7, 11) is 0. The molecule has 0 saturated carbocycles. The van der Waals surface area contributed by atoms with Gasteiger partial charge in [-0.3, -0.25) is 0 Å². The van der Waals surface area contributed by atoms with Crippen LogP contribution < -0.4 is 0 Å². The van der Waals surface area contributed by atoms with E-state index in [4.69, 9.17) is 46.4 Å². The molecule has 0 spiro atoms. The fourth-order valence-electron chi connectivity index (χ4n) is 1.77. The first-order valence-electron chi connectivity index (χ1n) is 5.77. The van der Waals surface area contributed by atoms with Gasteiger partial charge in [0.1, 0.15) is 11.5 Å². The van der Waals surface area contributed by atoms with E-state index in [1.807, 2.05) is 6.92 Å². The molecule has 0 unspecified atom stereocenters. The second-order valence-electron chi connectivity index (χ2n) is 4.44. The lowest BCUT2D eigenvalue weighted by molar-refractivity contribution is 0.457. The maximum Gasteiger partial charge on any atom is 0.149 e. The molecule has 0 fully saturated rings. The van der Waals surface area contributed by atoms with E-state index in [-0.39, 0.29) is 31.5 Å². The van der Waals surface area contributed by atoms with Gasteiger partial charge >= 0.3 is 0 Å². The highest BCUT2D eigenvalue weighted by molar-refractivity contribution is 7.99. The van der Waals surface area contributed by atoms with Gasteiger partial charge in [0, 0.05) is 0 Å². The fourth-order valence-corrected chi connectivity index (χ4v) is 3.98. The molecule has 112 valence electrons. The Morgan fingerprint density at radius 1 is 0.762 bits per heavy atom. The highest BCUT2D eigenvalue weighted by Crippen LogP contribution is 2.51. The van der Waals surface area contributed by atoms with Gasteiger partial charge in [-0.05, 0) is 31.0 Å². The summed E-state index contributed by atoms with van der Waals surface area (Å²) < 4.78 is 0. The number of phenols is 2. The van der Waals surface area contributed by atoms with E-state index in [9.17, 15) is 10.2 Å². The van der Waals surface area contributed by atoms with Gasteiger partial charge in [0.2, 0.25) is 0 Å². The van der Waals surface area contributed by atoms with E-state index in [2.05, 4.69) is 0 Å². The fraction of sp³-hybridized carbons (Fsp3) is 0.143. The van der Waals surface area contributed by atoms with Crippen LogP contribution in [0.1, 0.15) is 11.1 Å². The van der Waals surface area contributed by atoms with Crippen LogP contribution in [-0.4, -0.2) is 10.2 Å². The Morgan fingerprint density at radius 2 is 1.33 bits per heavy atom. The SMILES string of the molecule is Cc1cc(C)c(Cl)c(Sc2c(O)c(Cl)cc(Cl)c2Cl)c1O. The number of phenolic OH excluding ortho intramolecular Hbond substituents is 2. The molecule has 0 heterocycles. The second-order valence-corrected chi connectivity index (χ2v) is 7.03. The van der Waals surface area contributed by atoms with Crippen molar-refractivity contribution in [3.63, 3.8) is 0 Å². The highest BCUT2D eigenvalue weighted by atomic mass is 35.5. The van der Waals surface area contributed by atoms with Gasteiger partial charge in [-0.1, -0.05) is 64.2 Å². The largest absolute Gasteiger partial charge is 0.506 e. The molecule has 2 aromatic carbocycles. The first-order chi connectivity index (χ1) is 9.73. The third-order valence-electron chi connectivity index (χ3n) is 2.88. The van der Waals surface area contributed by atoms with Crippen molar-refractivity contribution in [2.75, 3.05) is 0 Å². The minimum atomic E-state index is -0.203. The van der Waals surface area contributed by atoms with Crippen LogP contribution in [0.2, 0.25) is 20.1 Å². The van der Waals surface area contributed by atoms with Crippen LogP contribution in [0.15, 0.2) is 21.9 Å². The minimum absolute atomic E-state index is 0.0298. The van der Waals surface area contributed by atoms with Crippen LogP contribution >= 0.6 is 58.2 Å². The second kappa shape index (κ2) is 6.35. The number of rotatable bonds is 2. The van der Waals surface area contributed by atoms with Crippen molar-refractivity contribution in [1.82, 2.24) is 0 Å². The Balaban J connectivity index is 2.64. The smallest absolute Gasteiger partial charge is 0.149 e. The molecule has 0 aliphatic heterocycles. The van der Waals surface area contributed by atoms with E-state index >= 15 is 0 Å². The number of benzene rings is 2. The molecule has 0 radical (unpaired) electrons. The molecule has 2 aromatic rings. The first kappa shape index (κ1) is 16.9. The van der Waals surface area contributed by atoms with Crippen LogP contribution in [0.5, 0.6) is 11.5 Å². The third-order valence-corrected chi connectivity index (χ3v) is 5.86. The zero-order chi connectivity index (χ0) is 15.9. The van der Waals surface area contributed by atoms with Crippen molar-refractivity contribution in [2.45, 2.75) is 23.6 Å². The molecule has 0 saturated heterocycles. The Bertz CT molecular complexity index is 618. The standard InChI is InChI=1S/C14H10Cl4O2S/c1-5-3-6(2)11(19)13(9(5)17)21-14-10(18)7(15)4-8(16)12(14)20/h3-4,19-20H,1-2H3. The average Bonchev–Trinajstić information content (AvgIpc) is 2.42. The number of aromatic hydroxyl groups is 2. The number of hydrogen-bond donors (Lipinski definition) is 2.